The molecule has 1 heterocycles. The summed E-state index contributed by atoms with van der Waals surface area (Å²) in [5.41, 5.74) is 0. The molecule has 0 radical (unpaired) electrons. The van der Waals surface area contributed by atoms with Gasteiger partial charge in [0.1, 0.15) is 0 Å². The highest BCUT2D eigenvalue weighted by Gasteiger charge is 2.29. The maximum absolute atomic E-state index is 11.7. The molecule has 1 aliphatic rings. The van der Waals surface area contributed by atoms with Gasteiger partial charge < -0.3 is 10.1 Å². The zero-order valence-electron chi connectivity index (χ0n) is 8.68. The number of nitrogens with one attached hydrogen (secondary N) is 1. The Balaban J connectivity index is 2.09. The first-order chi connectivity index (χ1) is 7.47. The van der Waals surface area contributed by atoms with Crippen LogP contribution >= 0.6 is 11.8 Å². The minimum atomic E-state index is -4.46. The normalized spacial score (nSPS) is 21.6. The number of rotatable bonds is 3. The number of carbonyl (C=O) groups is 1. The van der Waals surface area contributed by atoms with Crippen LogP contribution in [0.5, 0.6) is 0 Å². The van der Waals surface area contributed by atoms with E-state index in [9.17, 15) is 18.0 Å². The van der Waals surface area contributed by atoms with Crippen LogP contribution in [-0.4, -0.2) is 36.4 Å². The third-order valence-corrected chi connectivity index (χ3v) is 3.51. The fraction of sp³-hybridized carbons (Fsp3) is 0.889. The van der Waals surface area contributed by atoms with E-state index < -0.39 is 18.9 Å². The van der Waals surface area contributed by atoms with E-state index >= 15 is 0 Å². The lowest BCUT2D eigenvalue weighted by molar-refractivity contribution is -0.160. The van der Waals surface area contributed by atoms with Crippen LogP contribution in [0.15, 0.2) is 0 Å². The van der Waals surface area contributed by atoms with E-state index in [0.717, 1.165) is 18.6 Å². The number of hydrogen-bond donors (Lipinski definition) is 1. The number of alkyl carbamates (subject to hydrolysis) is 1. The molecular weight excluding hydrogens is 243 g/mol. The van der Waals surface area contributed by atoms with Gasteiger partial charge in [0.15, 0.2) is 6.61 Å². The predicted molar refractivity (Wildman–Crippen MR) is 55.5 cm³/mol. The molecule has 7 heteroatoms. The second-order valence-corrected chi connectivity index (χ2v) is 4.97. The lowest BCUT2D eigenvalue weighted by Gasteiger charge is -2.21. The molecule has 1 aliphatic heterocycles. The Kier molecular flexibility index (Phi) is 5.24. The fourth-order valence-electron chi connectivity index (χ4n) is 1.36. The summed E-state index contributed by atoms with van der Waals surface area (Å²) in [4.78, 5) is 10.9. The number of carbonyl (C=O) groups excluding carboxylic acids is 1. The monoisotopic (exact) mass is 257 g/mol. The van der Waals surface area contributed by atoms with Crippen LogP contribution in [0.2, 0.25) is 0 Å². The van der Waals surface area contributed by atoms with Crippen LogP contribution in [0, 0.1) is 0 Å². The highest BCUT2D eigenvalue weighted by Crippen LogP contribution is 2.24. The van der Waals surface area contributed by atoms with Gasteiger partial charge in [-0.05, 0) is 18.6 Å². The highest BCUT2D eigenvalue weighted by molar-refractivity contribution is 7.99. The van der Waals surface area contributed by atoms with E-state index in [0.29, 0.717) is 11.8 Å². The van der Waals surface area contributed by atoms with Crippen LogP contribution in [0.3, 0.4) is 0 Å². The van der Waals surface area contributed by atoms with Gasteiger partial charge >= 0.3 is 12.3 Å². The molecule has 16 heavy (non-hydrogen) atoms. The van der Waals surface area contributed by atoms with Crippen molar-refractivity contribution in [2.24, 2.45) is 0 Å². The molecule has 0 aromatic heterocycles. The first-order valence-electron chi connectivity index (χ1n) is 5.06. The van der Waals surface area contributed by atoms with Crippen LogP contribution in [0.4, 0.5) is 18.0 Å². The van der Waals surface area contributed by atoms with Crippen molar-refractivity contribution in [1.82, 2.24) is 5.32 Å². The summed E-state index contributed by atoms with van der Waals surface area (Å²) in [6, 6.07) is 0. The van der Waals surface area contributed by atoms with Crippen LogP contribution in [0.25, 0.3) is 0 Å². The van der Waals surface area contributed by atoms with Crippen LogP contribution < -0.4 is 5.32 Å². The molecule has 1 amide bonds. The SMILES string of the molecule is O=C(NCC1CCCCS1)OCC(F)(F)F. The summed E-state index contributed by atoms with van der Waals surface area (Å²) in [5.74, 6) is 1.05. The lowest BCUT2D eigenvalue weighted by atomic mass is 10.2. The molecule has 0 spiro atoms. The number of thioether (sulfide) groups is 1. The average Bonchev–Trinajstić information content (AvgIpc) is 2.24. The maximum Gasteiger partial charge on any atom is 0.422 e. The van der Waals surface area contributed by atoms with Gasteiger partial charge in [0.2, 0.25) is 0 Å². The quantitative estimate of drug-likeness (QED) is 0.844. The van der Waals surface area contributed by atoms with E-state index in [1.165, 1.54) is 6.42 Å². The second kappa shape index (κ2) is 6.22. The summed E-state index contributed by atoms with van der Waals surface area (Å²) < 4.78 is 39.1. The van der Waals surface area contributed by atoms with Crippen molar-refractivity contribution in [3.8, 4) is 0 Å². The summed E-state index contributed by atoms with van der Waals surface area (Å²) in [5, 5.41) is 2.64. The van der Waals surface area contributed by atoms with Crippen LogP contribution in [0.1, 0.15) is 19.3 Å². The number of hydrogen-bond acceptors (Lipinski definition) is 3. The van der Waals surface area contributed by atoms with E-state index in [2.05, 4.69) is 10.1 Å². The summed E-state index contributed by atoms with van der Waals surface area (Å²) in [6.07, 6.45) is -2.19. The zero-order valence-corrected chi connectivity index (χ0v) is 9.50. The molecule has 3 nitrogen and oxygen atoms in total. The highest BCUT2D eigenvalue weighted by atomic mass is 32.2. The lowest BCUT2D eigenvalue weighted by Crippen LogP contribution is -2.34. The summed E-state index contributed by atoms with van der Waals surface area (Å²) in [6.45, 7) is -1.15. The fourth-order valence-corrected chi connectivity index (χ4v) is 2.60. The van der Waals surface area contributed by atoms with Gasteiger partial charge in [-0.1, -0.05) is 6.42 Å². The van der Waals surface area contributed by atoms with Gasteiger partial charge in [0.05, 0.1) is 0 Å². The molecule has 1 atom stereocenters. The smallest absolute Gasteiger partial charge is 0.422 e. The molecule has 0 saturated carbocycles. The van der Waals surface area contributed by atoms with Crippen molar-refractivity contribution in [3.63, 3.8) is 0 Å². The zero-order chi connectivity index (χ0) is 12.0. The number of alkyl halides is 3. The van der Waals surface area contributed by atoms with Crippen molar-refractivity contribution in [2.75, 3.05) is 18.9 Å². The van der Waals surface area contributed by atoms with E-state index in [1.54, 1.807) is 11.8 Å². The van der Waals surface area contributed by atoms with Crippen molar-refractivity contribution < 1.29 is 22.7 Å². The topological polar surface area (TPSA) is 38.3 Å². The largest absolute Gasteiger partial charge is 0.440 e. The average molecular weight is 257 g/mol. The Labute approximate surface area is 96.1 Å². The maximum atomic E-state index is 11.7. The van der Waals surface area contributed by atoms with E-state index in [1.807, 2.05) is 0 Å². The Bertz CT molecular complexity index is 229. The third-order valence-electron chi connectivity index (χ3n) is 2.11. The van der Waals surface area contributed by atoms with E-state index in [4.69, 9.17) is 0 Å². The first kappa shape index (κ1) is 13.5. The molecule has 0 aliphatic carbocycles. The summed E-state index contributed by atoms with van der Waals surface area (Å²) >= 11 is 1.74. The molecule has 1 N–H and O–H groups in total. The second-order valence-electron chi connectivity index (χ2n) is 3.56. The van der Waals surface area contributed by atoms with Gasteiger partial charge in [-0.2, -0.15) is 24.9 Å². The number of halogens is 3. The van der Waals surface area contributed by atoms with Crippen molar-refractivity contribution in [2.45, 2.75) is 30.7 Å². The van der Waals surface area contributed by atoms with Crippen molar-refractivity contribution in [3.05, 3.63) is 0 Å². The van der Waals surface area contributed by atoms with Crippen molar-refractivity contribution >= 4 is 17.9 Å². The van der Waals surface area contributed by atoms with Gasteiger partial charge in [0.25, 0.3) is 0 Å². The number of amides is 1. The minimum Gasteiger partial charge on any atom is -0.440 e. The molecule has 1 saturated heterocycles. The van der Waals surface area contributed by atoms with Gasteiger partial charge in [-0.3, -0.25) is 0 Å². The molecule has 1 unspecified atom stereocenters. The van der Waals surface area contributed by atoms with Crippen LogP contribution in [-0.2, 0) is 4.74 Å². The predicted octanol–water partition coefficient (Wildman–Crippen LogP) is 2.56. The molecule has 0 bridgehead atoms. The van der Waals surface area contributed by atoms with Gasteiger partial charge in [-0.25, -0.2) is 4.79 Å². The van der Waals surface area contributed by atoms with Gasteiger partial charge in [0, 0.05) is 11.8 Å². The molecule has 1 fully saturated rings. The molecule has 1 rings (SSSR count). The molecule has 94 valence electrons. The standard InChI is InChI=1S/C9H14F3NO2S/c10-9(11,12)6-15-8(14)13-5-7-3-1-2-4-16-7/h7H,1-6H2,(H,13,14). The minimum absolute atomic E-state index is 0.298. The molecule has 0 aromatic carbocycles. The Morgan fingerprint density at radius 3 is 2.75 bits per heavy atom. The van der Waals surface area contributed by atoms with E-state index in [-0.39, 0.29) is 0 Å². The van der Waals surface area contributed by atoms with Gasteiger partial charge in [-0.15, -0.1) is 0 Å². The Morgan fingerprint density at radius 2 is 2.19 bits per heavy atom. The summed E-state index contributed by atoms with van der Waals surface area (Å²) in [7, 11) is 0. The Morgan fingerprint density at radius 1 is 1.44 bits per heavy atom. The Hall–Kier alpha value is -0.590. The van der Waals surface area contributed by atoms with Crippen molar-refractivity contribution in [1.29, 1.82) is 0 Å². The molecular formula is C9H14F3NO2S. The third kappa shape index (κ3) is 6.09. The molecule has 0 aromatic rings. The first-order valence-corrected chi connectivity index (χ1v) is 6.11. The number of ether oxygens (including phenoxy) is 1.